The van der Waals surface area contributed by atoms with E-state index in [1.54, 1.807) is 6.92 Å². The van der Waals surface area contributed by atoms with Gasteiger partial charge in [-0.2, -0.15) is 13.2 Å². The second-order valence-corrected chi connectivity index (χ2v) is 7.45. The minimum absolute atomic E-state index is 0.0552. The largest absolute Gasteiger partial charge is 0.416 e. The van der Waals surface area contributed by atoms with Crippen molar-refractivity contribution in [1.29, 1.82) is 0 Å². The van der Waals surface area contributed by atoms with Gasteiger partial charge in [0.1, 0.15) is 29.4 Å². The average Bonchev–Trinajstić information content (AvgIpc) is 3.16. The number of nitrogens with zero attached hydrogens (tertiary/aromatic N) is 4. The quantitative estimate of drug-likeness (QED) is 0.338. The molecule has 32 heavy (non-hydrogen) atoms. The normalized spacial score (nSPS) is 12.4. The van der Waals surface area contributed by atoms with Crippen LogP contribution in [0.3, 0.4) is 0 Å². The molecule has 0 saturated heterocycles. The van der Waals surface area contributed by atoms with E-state index < -0.39 is 11.7 Å². The Morgan fingerprint density at radius 1 is 1.09 bits per heavy atom. The van der Waals surface area contributed by atoms with Gasteiger partial charge in [0.25, 0.3) is 0 Å². The highest BCUT2D eigenvalue weighted by molar-refractivity contribution is 6.33. The van der Waals surface area contributed by atoms with Crippen LogP contribution in [0, 0.1) is 11.8 Å². The number of aryl methyl sites for hydroxylation is 1. The summed E-state index contributed by atoms with van der Waals surface area (Å²) in [5.74, 6) is 6.94. The molecule has 0 aliphatic rings. The predicted octanol–water partition coefficient (Wildman–Crippen LogP) is 6.34. The number of aromatic nitrogens is 4. The minimum Gasteiger partial charge on any atom is -0.294 e. The first kappa shape index (κ1) is 21.8. The average molecular weight is 455 g/mol. The van der Waals surface area contributed by atoms with Crippen LogP contribution in [0.25, 0.3) is 22.4 Å². The molecule has 8 heteroatoms. The van der Waals surface area contributed by atoms with Crippen LogP contribution in [0.5, 0.6) is 0 Å². The maximum Gasteiger partial charge on any atom is 0.416 e. The Hall–Kier alpha value is -3.37. The van der Waals surface area contributed by atoms with E-state index in [0.717, 1.165) is 23.5 Å². The van der Waals surface area contributed by atoms with Crippen LogP contribution in [0.2, 0.25) is 5.02 Å². The first-order valence-electron chi connectivity index (χ1n) is 9.91. The van der Waals surface area contributed by atoms with Crippen molar-refractivity contribution in [2.75, 3.05) is 0 Å². The van der Waals surface area contributed by atoms with Gasteiger partial charge in [0.05, 0.1) is 10.6 Å². The molecular weight excluding hydrogens is 437 g/mol. The number of benzene rings is 2. The fourth-order valence-electron chi connectivity index (χ4n) is 3.62. The zero-order valence-electron chi connectivity index (χ0n) is 17.3. The second-order valence-electron chi connectivity index (χ2n) is 7.05. The highest BCUT2D eigenvalue weighted by atomic mass is 35.5. The van der Waals surface area contributed by atoms with Crippen molar-refractivity contribution in [3.8, 4) is 23.1 Å². The molecule has 1 unspecified atom stereocenters. The smallest absolute Gasteiger partial charge is 0.294 e. The van der Waals surface area contributed by atoms with Gasteiger partial charge in [-0.15, -0.1) is 5.92 Å². The zero-order chi connectivity index (χ0) is 22.9. The van der Waals surface area contributed by atoms with Crippen molar-refractivity contribution >= 4 is 22.8 Å². The van der Waals surface area contributed by atoms with Crippen LogP contribution >= 0.6 is 11.6 Å². The molecule has 0 radical (unpaired) electrons. The summed E-state index contributed by atoms with van der Waals surface area (Å²) >= 11 is 6.24. The van der Waals surface area contributed by atoms with Gasteiger partial charge in [-0.25, -0.2) is 15.0 Å². The number of halogens is 4. The molecule has 2 heterocycles. The molecule has 0 spiro atoms. The third-order valence-corrected chi connectivity index (χ3v) is 5.39. The Balaban J connectivity index is 1.94. The Morgan fingerprint density at radius 2 is 1.84 bits per heavy atom. The van der Waals surface area contributed by atoms with E-state index in [2.05, 4.69) is 21.8 Å². The lowest BCUT2D eigenvalue weighted by atomic mass is 10.1. The van der Waals surface area contributed by atoms with Crippen molar-refractivity contribution in [1.82, 2.24) is 19.5 Å². The lowest BCUT2D eigenvalue weighted by molar-refractivity contribution is -0.137. The van der Waals surface area contributed by atoms with Gasteiger partial charge in [0.15, 0.2) is 5.65 Å². The van der Waals surface area contributed by atoms with Crippen LogP contribution in [-0.4, -0.2) is 19.5 Å². The van der Waals surface area contributed by atoms with Gasteiger partial charge in [0, 0.05) is 12.0 Å². The van der Waals surface area contributed by atoms with Gasteiger partial charge < -0.3 is 0 Å². The maximum absolute atomic E-state index is 13.1. The van der Waals surface area contributed by atoms with E-state index >= 15 is 0 Å². The molecule has 4 aromatic rings. The molecule has 0 aliphatic heterocycles. The third kappa shape index (κ3) is 3.94. The lowest BCUT2D eigenvalue weighted by Crippen LogP contribution is -2.12. The zero-order valence-corrected chi connectivity index (χ0v) is 18.0. The summed E-state index contributed by atoms with van der Waals surface area (Å²) in [5.41, 5.74) is 1.89. The molecular formula is C24H18ClF3N4. The molecule has 0 aliphatic carbocycles. The van der Waals surface area contributed by atoms with Gasteiger partial charge in [-0.05, 0) is 24.6 Å². The molecule has 2 aromatic carbocycles. The number of hydrogen-bond donors (Lipinski definition) is 0. The number of rotatable bonds is 4. The molecule has 0 saturated carbocycles. The number of imidazole rings is 1. The number of alkyl halides is 3. The third-order valence-electron chi connectivity index (χ3n) is 5.07. The molecule has 0 bridgehead atoms. The van der Waals surface area contributed by atoms with E-state index in [1.807, 2.05) is 41.8 Å². The van der Waals surface area contributed by atoms with E-state index in [-0.39, 0.29) is 11.1 Å². The SMILES string of the molecule is CC#CC(c1ccccc1)n1c(CC)nc2c(-c3ccc(C(F)(F)F)cc3Cl)ncnc21. The molecule has 0 amide bonds. The van der Waals surface area contributed by atoms with Crippen LogP contribution in [0.15, 0.2) is 54.9 Å². The highest BCUT2D eigenvalue weighted by Gasteiger charge is 2.31. The van der Waals surface area contributed by atoms with Crippen molar-refractivity contribution in [3.63, 3.8) is 0 Å². The van der Waals surface area contributed by atoms with Crippen LogP contribution < -0.4 is 0 Å². The second kappa shape index (κ2) is 8.64. The van der Waals surface area contributed by atoms with Crippen molar-refractivity contribution in [2.24, 2.45) is 0 Å². The first-order valence-corrected chi connectivity index (χ1v) is 10.3. The summed E-state index contributed by atoms with van der Waals surface area (Å²) in [6.07, 6.45) is -2.52. The summed E-state index contributed by atoms with van der Waals surface area (Å²) in [6, 6.07) is 12.6. The van der Waals surface area contributed by atoms with Gasteiger partial charge >= 0.3 is 6.18 Å². The van der Waals surface area contributed by atoms with Crippen LogP contribution in [0.1, 0.15) is 36.8 Å². The van der Waals surface area contributed by atoms with Crippen molar-refractivity contribution in [2.45, 2.75) is 32.5 Å². The minimum atomic E-state index is -4.48. The summed E-state index contributed by atoms with van der Waals surface area (Å²) in [7, 11) is 0. The van der Waals surface area contributed by atoms with Crippen LogP contribution in [-0.2, 0) is 12.6 Å². The highest BCUT2D eigenvalue weighted by Crippen LogP contribution is 2.37. The Kier molecular flexibility index (Phi) is 5.90. The molecule has 0 fully saturated rings. The molecule has 0 N–H and O–H groups in total. The van der Waals surface area contributed by atoms with E-state index in [1.165, 1.54) is 12.4 Å². The van der Waals surface area contributed by atoms with E-state index in [9.17, 15) is 13.2 Å². The summed E-state index contributed by atoms with van der Waals surface area (Å²) < 4.78 is 41.1. The molecule has 162 valence electrons. The molecule has 4 rings (SSSR count). The molecule has 1 atom stereocenters. The van der Waals surface area contributed by atoms with Gasteiger partial charge in [0.2, 0.25) is 0 Å². The van der Waals surface area contributed by atoms with Gasteiger partial charge in [-0.1, -0.05) is 60.8 Å². The fourth-order valence-corrected chi connectivity index (χ4v) is 3.89. The molecule has 4 nitrogen and oxygen atoms in total. The summed E-state index contributed by atoms with van der Waals surface area (Å²) in [6.45, 7) is 3.74. The summed E-state index contributed by atoms with van der Waals surface area (Å²) in [5, 5.41) is -0.0552. The Bertz CT molecular complexity index is 1330. The van der Waals surface area contributed by atoms with Crippen LogP contribution in [0.4, 0.5) is 13.2 Å². The van der Waals surface area contributed by atoms with Crippen molar-refractivity contribution < 1.29 is 13.2 Å². The lowest BCUT2D eigenvalue weighted by Gasteiger charge is -2.16. The Morgan fingerprint density at radius 3 is 2.47 bits per heavy atom. The number of fused-ring (bicyclic) bond motifs is 1. The number of hydrogen-bond acceptors (Lipinski definition) is 3. The van der Waals surface area contributed by atoms with Crippen molar-refractivity contribution in [3.05, 3.63) is 76.8 Å². The molecule has 2 aromatic heterocycles. The van der Waals surface area contributed by atoms with E-state index in [4.69, 9.17) is 16.6 Å². The predicted molar refractivity (Wildman–Crippen MR) is 118 cm³/mol. The Labute approximate surface area is 188 Å². The van der Waals surface area contributed by atoms with E-state index in [0.29, 0.717) is 28.8 Å². The maximum atomic E-state index is 13.1. The fraction of sp³-hybridized carbons (Fsp3) is 0.208. The van der Waals surface area contributed by atoms with Gasteiger partial charge in [-0.3, -0.25) is 4.57 Å². The summed E-state index contributed by atoms with van der Waals surface area (Å²) in [4.78, 5) is 13.5. The standard InChI is InChI=1S/C24H18ClF3N4/c1-3-8-19(15-9-6-5-7-10-15)32-20(4-2)31-22-21(29-14-30-23(22)32)17-12-11-16(13-18(17)25)24(26,27)28/h5-7,9-14,19H,4H2,1-2H3. The first-order chi connectivity index (χ1) is 15.3. The topological polar surface area (TPSA) is 43.6 Å². The monoisotopic (exact) mass is 454 g/mol.